The first-order chi connectivity index (χ1) is 57.3. The lowest BCUT2D eigenvalue weighted by Crippen LogP contribution is -2.61. The van der Waals surface area contributed by atoms with E-state index in [0.29, 0.717) is 48.3 Å². The van der Waals surface area contributed by atoms with Gasteiger partial charge in [0, 0.05) is 91.3 Å². The van der Waals surface area contributed by atoms with Crippen molar-refractivity contribution in [3.8, 4) is 5.75 Å². The number of primary amides is 2. The van der Waals surface area contributed by atoms with E-state index in [1.807, 2.05) is 42.5 Å². The van der Waals surface area contributed by atoms with Crippen LogP contribution in [-0.2, 0) is 97.6 Å². The summed E-state index contributed by atoms with van der Waals surface area (Å²) in [5, 5.41) is 48.2. The number of H-pyrrole nitrogens is 3. The number of phenolic OH excluding ortho intramolecular Hbond substituents is 1. The summed E-state index contributed by atoms with van der Waals surface area (Å²) in [6, 6.07) is 4.47. The Morgan fingerprint density at radius 1 is 0.517 bits per heavy atom. The Labute approximate surface area is 698 Å². The number of hydrogen-bond donors (Lipinski definition) is 19. The highest BCUT2D eigenvalue weighted by atomic mass is 32.2. The molecule has 37 nitrogen and oxygen atoms in total. The van der Waals surface area contributed by atoms with Crippen LogP contribution >= 0.6 is 11.8 Å². The number of nitrogens with one attached hydrogen (secondary N) is 13. The fraction of sp³-hybridized carbons (Fsp3) is 0.512. The minimum absolute atomic E-state index is 0.0124. The topological polar surface area (TPSA) is 588 Å². The van der Waals surface area contributed by atoms with Gasteiger partial charge in [-0.1, -0.05) is 76.2 Å². The van der Waals surface area contributed by atoms with E-state index >= 15 is 4.79 Å². The first-order valence-electron chi connectivity index (χ1n) is 40.5. The Bertz CT molecular complexity index is 4560. The number of benzene rings is 3. The average molecular weight is 1680 g/mol. The number of aromatic amines is 3. The summed E-state index contributed by atoms with van der Waals surface area (Å²) in [4.78, 5) is 226. The molecule has 0 spiro atoms. The number of rotatable bonds is 48. The van der Waals surface area contributed by atoms with Crippen LogP contribution in [0.5, 0.6) is 5.75 Å². The second-order valence-corrected chi connectivity index (χ2v) is 32.3. The van der Waals surface area contributed by atoms with E-state index < -0.39 is 174 Å². The molecule has 0 radical (unpaired) electrons. The maximum Gasteiger partial charge on any atom is 0.326 e. The van der Waals surface area contributed by atoms with Gasteiger partial charge in [0.25, 0.3) is 0 Å². The summed E-state index contributed by atoms with van der Waals surface area (Å²) in [5.74, 6) is -12.9. The molecule has 12 atom stereocenters. The summed E-state index contributed by atoms with van der Waals surface area (Å²) in [5.41, 5.74) is 27.5. The number of likely N-dealkylation sites (tertiary alicyclic amines) is 2. The van der Waals surface area contributed by atoms with Crippen molar-refractivity contribution in [3.63, 3.8) is 0 Å². The van der Waals surface area contributed by atoms with E-state index in [1.165, 1.54) is 58.4 Å². The van der Waals surface area contributed by atoms with Crippen LogP contribution in [0.1, 0.15) is 140 Å². The summed E-state index contributed by atoms with van der Waals surface area (Å²) < 4.78 is 0. The lowest BCUT2D eigenvalue weighted by molar-refractivity contribution is -0.143. The monoisotopic (exact) mass is 1680 g/mol. The second kappa shape index (κ2) is 45.9. The number of unbranched alkanes of at least 4 members (excludes halogenated alkanes) is 1. The van der Waals surface area contributed by atoms with Crippen molar-refractivity contribution in [3.05, 3.63) is 120 Å². The number of imidazole rings is 1. The number of para-hydroxylation sites is 2. The predicted octanol–water partition coefficient (Wildman–Crippen LogP) is -0.273. The van der Waals surface area contributed by atoms with Gasteiger partial charge in [0.05, 0.1) is 18.9 Å². The number of thioether (sulfide) groups is 1. The van der Waals surface area contributed by atoms with Gasteiger partial charge in [0.15, 0.2) is 0 Å². The number of nitrogens with zero attached hydrogens (tertiary/aromatic N) is 3. The van der Waals surface area contributed by atoms with Gasteiger partial charge in [0.1, 0.15) is 72.2 Å². The van der Waals surface area contributed by atoms with E-state index in [-0.39, 0.29) is 121 Å². The maximum absolute atomic E-state index is 15.1. The quantitative estimate of drug-likeness (QED) is 0.0219. The van der Waals surface area contributed by atoms with Gasteiger partial charge in [-0.15, -0.1) is 0 Å². The number of hydrogen-bond acceptors (Lipinski definition) is 20. The second-order valence-electron chi connectivity index (χ2n) is 31.3. The van der Waals surface area contributed by atoms with Crippen molar-refractivity contribution in [1.29, 1.82) is 0 Å². The number of carboxylic acids is 1. The standard InChI is InChI=1S/C82H114N20O17S/c1-45(2)34-61(98-76(112)63(38-49-41-89-56-17-9-7-15-53(49)56)99-77(113)64(39-50-42-87-44-91-50)96-71(107)54(84)37-48-40-88-55-16-8-6-14-52(48)55)74(110)93-57(25-27-68(85)104)72(108)97-62(35-46(3)4)75(111)95-59(18-10-11-30-83)80(116)101-31-12-19-66(101)78(114)90-43-70(106)92-60(26-28-69(86)105)81(117)102-32-13-20-67(102)79(115)94-58(29-33-120-5)73(109)100-65(82(118)119)36-47-21-23-51(103)24-22-47/h6-9,14-17,21-24,40-42,44-46,54,57-67,88-89,103H,10-13,18-20,25-39,43,83-84H2,1-5H3,(H2,85,104)(H2,86,105)(H,87,91)(H,90,114)(H,92,106)(H,93,110)(H,94,115)(H,95,111)(H,96,107)(H,97,108)(H,98,112)(H,99,113)(H,100,109)(H,118,119). The number of aromatic hydroxyl groups is 1. The zero-order chi connectivity index (χ0) is 87.3. The van der Waals surface area contributed by atoms with Crippen LogP contribution in [0.2, 0.25) is 0 Å². The highest BCUT2D eigenvalue weighted by Gasteiger charge is 2.43. The molecule has 0 aliphatic carbocycles. The lowest BCUT2D eigenvalue weighted by atomic mass is 9.99. The molecule has 650 valence electrons. The molecular weight excluding hydrogens is 1570 g/mol. The predicted molar refractivity (Wildman–Crippen MR) is 445 cm³/mol. The fourth-order valence-corrected chi connectivity index (χ4v) is 15.2. The highest BCUT2D eigenvalue weighted by Crippen LogP contribution is 2.26. The molecule has 6 aromatic rings. The third kappa shape index (κ3) is 27.8. The van der Waals surface area contributed by atoms with Crippen LogP contribution in [0.3, 0.4) is 0 Å². The third-order valence-corrected chi connectivity index (χ3v) is 21.6. The Hall–Kier alpha value is -11.9. The molecule has 2 aliphatic rings. The number of aliphatic carboxylic acids is 1. The Kier molecular flexibility index (Phi) is 35.8. The van der Waals surface area contributed by atoms with Gasteiger partial charge in [-0.05, 0) is 155 Å². The van der Waals surface area contributed by atoms with Crippen LogP contribution in [0.4, 0.5) is 0 Å². The van der Waals surface area contributed by atoms with Crippen LogP contribution in [0.25, 0.3) is 21.8 Å². The van der Waals surface area contributed by atoms with E-state index in [0.717, 1.165) is 27.4 Å². The van der Waals surface area contributed by atoms with Gasteiger partial charge >= 0.3 is 5.97 Å². The highest BCUT2D eigenvalue weighted by molar-refractivity contribution is 7.98. The molecule has 12 unspecified atom stereocenters. The minimum Gasteiger partial charge on any atom is -0.508 e. The molecule has 23 N–H and O–H groups in total. The smallest absolute Gasteiger partial charge is 0.326 e. The van der Waals surface area contributed by atoms with Gasteiger partial charge in [-0.3, -0.25) is 67.1 Å². The van der Waals surface area contributed by atoms with Crippen LogP contribution in [-0.4, -0.2) is 239 Å². The zero-order valence-corrected chi connectivity index (χ0v) is 69.0. The first kappa shape index (κ1) is 93.6. The van der Waals surface area contributed by atoms with E-state index in [1.54, 1.807) is 52.4 Å². The molecule has 3 aromatic carbocycles. The molecule has 2 saturated heterocycles. The van der Waals surface area contributed by atoms with Gasteiger partial charge in [-0.2, -0.15) is 11.8 Å². The van der Waals surface area contributed by atoms with Gasteiger partial charge in [0.2, 0.25) is 82.7 Å². The maximum atomic E-state index is 15.1. The summed E-state index contributed by atoms with van der Waals surface area (Å²) >= 11 is 1.37. The molecule has 0 bridgehead atoms. The molecule has 0 saturated carbocycles. The molecule has 14 amide bonds. The van der Waals surface area contributed by atoms with Crippen molar-refractivity contribution in [2.75, 3.05) is 38.2 Å². The fourth-order valence-electron chi connectivity index (χ4n) is 14.7. The lowest BCUT2D eigenvalue weighted by Gasteiger charge is -2.31. The van der Waals surface area contributed by atoms with Crippen LogP contribution < -0.4 is 76.1 Å². The molecular formula is C82H114N20O17S. The number of aromatic nitrogens is 4. The average Bonchev–Trinajstić information content (AvgIpc) is 1.67. The van der Waals surface area contributed by atoms with Crippen molar-refractivity contribution in [2.45, 2.75) is 216 Å². The first-order valence-corrected chi connectivity index (χ1v) is 41.9. The van der Waals surface area contributed by atoms with Crippen molar-refractivity contribution >= 4 is 122 Å². The van der Waals surface area contributed by atoms with Gasteiger partial charge < -0.3 is 111 Å². The van der Waals surface area contributed by atoms with Crippen molar-refractivity contribution in [1.82, 2.24) is 82.9 Å². The number of amides is 14. The van der Waals surface area contributed by atoms with E-state index in [9.17, 15) is 77.3 Å². The largest absolute Gasteiger partial charge is 0.508 e. The molecule has 8 rings (SSSR count). The zero-order valence-electron chi connectivity index (χ0n) is 68.2. The number of carboxylic acid groups (broad SMARTS) is 1. The van der Waals surface area contributed by atoms with Crippen molar-refractivity contribution < 1.29 is 82.1 Å². The number of carbonyl (C=O) groups excluding carboxylic acids is 14. The molecule has 120 heavy (non-hydrogen) atoms. The van der Waals surface area contributed by atoms with Crippen molar-refractivity contribution in [2.24, 2.45) is 34.8 Å². The molecule has 38 heteroatoms. The summed E-state index contributed by atoms with van der Waals surface area (Å²) in [6.07, 6.45) is 7.92. The Morgan fingerprint density at radius 2 is 0.983 bits per heavy atom. The minimum atomic E-state index is -1.58. The number of carbonyl (C=O) groups is 15. The Morgan fingerprint density at radius 3 is 1.51 bits per heavy atom. The summed E-state index contributed by atoms with van der Waals surface area (Å²) in [6.45, 7) is 6.64. The molecule has 3 aromatic heterocycles. The molecule has 2 aliphatic heterocycles. The molecule has 2 fully saturated rings. The van der Waals surface area contributed by atoms with Gasteiger partial charge in [-0.25, -0.2) is 9.78 Å². The van der Waals surface area contributed by atoms with E-state index in [4.69, 9.17) is 22.9 Å². The van der Waals surface area contributed by atoms with Crippen LogP contribution in [0.15, 0.2) is 97.7 Å². The third-order valence-electron chi connectivity index (χ3n) is 21.0. The normalized spacial score (nSPS) is 16.4. The number of nitrogens with two attached hydrogens (primary N) is 4. The Balaban J connectivity index is 0.926. The summed E-state index contributed by atoms with van der Waals surface area (Å²) in [7, 11) is 0. The number of phenols is 1. The number of fused-ring (bicyclic) bond motifs is 2. The molecule has 5 heterocycles. The van der Waals surface area contributed by atoms with E-state index in [2.05, 4.69) is 73.1 Å². The SMILES string of the molecule is CSCCC(NC(=O)C1CCCN1C(=O)C(CCC(N)=O)NC(=O)CNC(=O)C1CCCN1C(=O)C(CCCCN)NC(=O)C(CC(C)C)NC(=O)C(CCC(N)=O)NC(=O)C(CC(C)C)NC(=O)C(Cc1c[nH]c2ccccc12)NC(=O)C(Cc1cnc[nH]1)NC(=O)C(N)Cc1c[nH]c2ccccc12)C(=O)NC(Cc1ccc(O)cc1)C(=O)O. The van der Waals surface area contributed by atoms with Crippen LogP contribution in [0, 0.1) is 11.8 Å².